The van der Waals surface area contributed by atoms with Gasteiger partial charge in [-0.05, 0) is 26.2 Å². The molecule has 0 N–H and O–H groups in total. The maximum Gasteiger partial charge on any atom is 0.256 e. The van der Waals surface area contributed by atoms with E-state index in [9.17, 15) is 0 Å². The quantitative estimate of drug-likeness (QED) is 0.242. The standard InChI is InChI=1S/C22H43N2/c1-4-7-9-10-11-12-13-14-15-17-19-24-21-20-23(6-3)22(24)18-16-8-5-2/h20-21H,4-19H2,1-3H3/q+1. The lowest BCUT2D eigenvalue weighted by atomic mass is 10.1. The van der Waals surface area contributed by atoms with Crippen LogP contribution in [0.15, 0.2) is 12.4 Å². The zero-order chi connectivity index (χ0) is 17.5. The normalized spacial score (nSPS) is 11.3. The highest BCUT2D eigenvalue weighted by atomic mass is 15.1. The van der Waals surface area contributed by atoms with Crippen molar-refractivity contribution in [2.45, 2.75) is 124 Å². The fraction of sp³-hybridized carbons (Fsp3) is 0.864. The molecule has 0 aliphatic heterocycles. The number of hydrogen-bond acceptors (Lipinski definition) is 0. The molecule has 0 atom stereocenters. The van der Waals surface area contributed by atoms with Gasteiger partial charge in [-0.1, -0.05) is 78.1 Å². The molecule has 2 heteroatoms. The van der Waals surface area contributed by atoms with Crippen LogP contribution in [-0.4, -0.2) is 4.57 Å². The molecule has 0 saturated heterocycles. The van der Waals surface area contributed by atoms with Crippen molar-refractivity contribution in [2.75, 3.05) is 0 Å². The van der Waals surface area contributed by atoms with Gasteiger partial charge in [-0.25, -0.2) is 9.13 Å². The molecule has 0 aliphatic carbocycles. The van der Waals surface area contributed by atoms with Gasteiger partial charge in [0.05, 0.1) is 13.1 Å². The summed E-state index contributed by atoms with van der Waals surface area (Å²) in [5, 5.41) is 0. The monoisotopic (exact) mass is 335 g/mol. The summed E-state index contributed by atoms with van der Waals surface area (Å²) in [6.07, 6.45) is 24.0. The van der Waals surface area contributed by atoms with Gasteiger partial charge in [0.15, 0.2) is 0 Å². The van der Waals surface area contributed by atoms with E-state index in [4.69, 9.17) is 0 Å². The van der Waals surface area contributed by atoms with Crippen LogP contribution in [0.5, 0.6) is 0 Å². The molecular formula is C22H43N2+. The molecular weight excluding hydrogens is 292 g/mol. The van der Waals surface area contributed by atoms with Crippen LogP contribution in [0.1, 0.15) is 110 Å². The highest BCUT2D eigenvalue weighted by Gasteiger charge is 2.14. The zero-order valence-electron chi connectivity index (χ0n) is 16.9. The minimum absolute atomic E-state index is 1.10. The molecule has 1 aromatic rings. The lowest BCUT2D eigenvalue weighted by Gasteiger charge is -2.05. The van der Waals surface area contributed by atoms with Gasteiger partial charge in [0.25, 0.3) is 5.82 Å². The molecule has 0 spiro atoms. The van der Waals surface area contributed by atoms with Crippen LogP contribution >= 0.6 is 0 Å². The molecule has 0 bridgehead atoms. The van der Waals surface area contributed by atoms with Crippen molar-refractivity contribution in [3.05, 3.63) is 18.2 Å². The van der Waals surface area contributed by atoms with Crippen LogP contribution in [-0.2, 0) is 19.5 Å². The summed E-state index contributed by atoms with van der Waals surface area (Å²) in [6, 6.07) is 0. The van der Waals surface area contributed by atoms with Gasteiger partial charge in [0, 0.05) is 6.42 Å². The Bertz CT molecular complexity index is 395. The summed E-state index contributed by atoms with van der Waals surface area (Å²) in [7, 11) is 0. The van der Waals surface area contributed by atoms with Crippen LogP contribution in [0.25, 0.3) is 0 Å². The van der Waals surface area contributed by atoms with Crippen molar-refractivity contribution in [3.63, 3.8) is 0 Å². The Morgan fingerprint density at radius 3 is 1.83 bits per heavy atom. The molecule has 1 rings (SSSR count). The van der Waals surface area contributed by atoms with Crippen LogP contribution in [0.3, 0.4) is 0 Å². The molecule has 140 valence electrons. The second-order valence-electron chi connectivity index (χ2n) is 7.33. The first-order valence-electron chi connectivity index (χ1n) is 10.9. The van der Waals surface area contributed by atoms with E-state index in [-0.39, 0.29) is 0 Å². The van der Waals surface area contributed by atoms with Gasteiger partial charge in [0.2, 0.25) is 0 Å². The van der Waals surface area contributed by atoms with Gasteiger partial charge in [-0.15, -0.1) is 0 Å². The molecule has 1 heterocycles. The Balaban J connectivity index is 2.14. The summed E-state index contributed by atoms with van der Waals surface area (Å²) in [5.41, 5.74) is 0. The second kappa shape index (κ2) is 14.5. The van der Waals surface area contributed by atoms with Crippen molar-refractivity contribution in [1.29, 1.82) is 0 Å². The third kappa shape index (κ3) is 8.89. The van der Waals surface area contributed by atoms with Crippen LogP contribution in [0, 0.1) is 0 Å². The topological polar surface area (TPSA) is 8.81 Å². The first kappa shape index (κ1) is 21.3. The fourth-order valence-corrected chi connectivity index (χ4v) is 3.58. The summed E-state index contributed by atoms with van der Waals surface area (Å²) >= 11 is 0. The Labute approximate surface area is 151 Å². The van der Waals surface area contributed by atoms with E-state index in [2.05, 4.69) is 42.3 Å². The van der Waals surface area contributed by atoms with E-state index in [0.29, 0.717) is 0 Å². The largest absolute Gasteiger partial charge is 0.256 e. The summed E-state index contributed by atoms with van der Waals surface area (Å²) < 4.78 is 4.95. The number of imidazole rings is 1. The first-order valence-corrected chi connectivity index (χ1v) is 10.9. The average molecular weight is 336 g/mol. The van der Waals surface area contributed by atoms with Gasteiger partial charge in [0.1, 0.15) is 12.4 Å². The molecule has 0 amide bonds. The predicted octanol–water partition coefficient (Wildman–Crippen LogP) is 6.45. The highest BCUT2D eigenvalue weighted by molar-refractivity contribution is 4.83. The molecule has 0 aliphatic rings. The number of hydrogen-bond donors (Lipinski definition) is 0. The summed E-state index contributed by atoms with van der Waals surface area (Å²) in [4.78, 5) is 0. The molecule has 1 aromatic heterocycles. The van der Waals surface area contributed by atoms with E-state index in [1.165, 1.54) is 96.4 Å². The second-order valence-corrected chi connectivity index (χ2v) is 7.33. The number of unbranched alkanes of at least 4 members (excludes halogenated alkanes) is 11. The number of rotatable bonds is 16. The maximum absolute atomic E-state index is 2.52. The molecule has 0 aromatic carbocycles. The highest BCUT2D eigenvalue weighted by Crippen LogP contribution is 2.11. The Morgan fingerprint density at radius 2 is 1.25 bits per heavy atom. The van der Waals surface area contributed by atoms with Crippen molar-refractivity contribution in [2.24, 2.45) is 0 Å². The Kier molecular flexibility index (Phi) is 12.9. The smallest absolute Gasteiger partial charge is 0.235 e. The van der Waals surface area contributed by atoms with Gasteiger partial charge >= 0.3 is 0 Å². The third-order valence-electron chi connectivity index (χ3n) is 5.19. The zero-order valence-corrected chi connectivity index (χ0v) is 16.9. The van der Waals surface area contributed by atoms with Gasteiger partial charge in [-0.3, -0.25) is 0 Å². The lowest BCUT2D eigenvalue weighted by molar-refractivity contribution is -0.704. The van der Waals surface area contributed by atoms with Crippen LogP contribution in [0.2, 0.25) is 0 Å². The number of aromatic nitrogens is 2. The average Bonchev–Trinajstić information content (AvgIpc) is 2.99. The van der Waals surface area contributed by atoms with Gasteiger partial charge in [-0.2, -0.15) is 0 Å². The SMILES string of the molecule is CCCCCCCCCCCC[n+]1ccn(CC)c1CCCCC. The third-order valence-corrected chi connectivity index (χ3v) is 5.19. The molecule has 0 saturated carbocycles. The molecule has 0 unspecified atom stereocenters. The van der Waals surface area contributed by atoms with E-state index >= 15 is 0 Å². The van der Waals surface area contributed by atoms with Crippen molar-refractivity contribution < 1.29 is 4.57 Å². The van der Waals surface area contributed by atoms with E-state index in [1.54, 1.807) is 5.82 Å². The summed E-state index contributed by atoms with van der Waals surface area (Å²) in [6.45, 7) is 9.16. The first-order chi connectivity index (χ1) is 11.8. The van der Waals surface area contributed by atoms with E-state index in [1.807, 2.05) is 0 Å². The van der Waals surface area contributed by atoms with Gasteiger partial charge < -0.3 is 0 Å². The molecule has 2 nitrogen and oxygen atoms in total. The van der Waals surface area contributed by atoms with Crippen molar-refractivity contribution >= 4 is 0 Å². The van der Waals surface area contributed by atoms with Crippen molar-refractivity contribution in [1.82, 2.24) is 4.57 Å². The predicted molar refractivity (Wildman–Crippen MR) is 105 cm³/mol. The van der Waals surface area contributed by atoms with E-state index in [0.717, 1.165) is 6.54 Å². The molecule has 0 fully saturated rings. The molecule has 0 radical (unpaired) electrons. The summed E-state index contributed by atoms with van der Waals surface area (Å²) in [5.74, 6) is 1.54. The molecule has 24 heavy (non-hydrogen) atoms. The Morgan fingerprint density at radius 1 is 0.708 bits per heavy atom. The number of aryl methyl sites for hydroxylation is 2. The minimum Gasteiger partial charge on any atom is -0.235 e. The Hall–Kier alpha value is -0.790. The maximum atomic E-state index is 2.52. The van der Waals surface area contributed by atoms with Crippen LogP contribution in [0.4, 0.5) is 0 Å². The van der Waals surface area contributed by atoms with Crippen molar-refractivity contribution in [3.8, 4) is 0 Å². The number of nitrogens with zero attached hydrogens (tertiary/aromatic N) is 2. The fourth-order valence-electron chi connectivity index (χ4n) is 3.58. The van der Waals surface area contributed by atoms with E-state index < -0.39 is 0 Å². The lowest BCUT2D eigenvalue weighted by Crippen LogP contribution is -2.37. The minimum atomic E-state index is 1.10. The van der Waals surface area contributed by atoms with Crippen LogP contribution < -0.4 is 4.57 Å².